The van der Waals surface area contributed by atoms with Crippen molar-refractivity contribution in [1.29, 1.82) is 0 Å². The molecule has 1 heterocycles. The van der Waals surface area contributed by atoms with Gasteiger partial charge in [-0.25, -0.2) is 0 Å². The summed E-state index contributed by atoms with van der Waals surface area (Å²) in [5.74, 6) is -3.77. The number of fused-ring (bicyclic) bond motifs is 1. The van der Waals surface area contributed by atoms with E-state index in [2.05, 4.69) is 0 Å². The van der Waals surface area contributed by atoms with Crippen molar-refractivity contribution >= 4 is 17.9 Å². The van der Waals surface area contributed by atoms with Crippen LogP contribution in [0.15, 0.2) is 0 Å². The second-order valence-electron chi connectivity index (χ2n) is 7.43. The molecule has 2 fully saturated rings. The molecule has 2 aliphatic rings. The molecule has 1 saturated heterocycles. The van der Waals surface area contributed by atoms with Gasteiger partial charge in [0, 0.05) is 11.8 Å². The molecule has 0 aromatic rings. The van der Waals surface area contributed by atoms with Crippen LogP contribution >= 0.6 is 0 Å². The van der Waals surface area contributed by atoms with Gasteiger partial charge in [-0.15, -0.1) is 0 Å². The molecule has 7 nitrogen and oxygen atoms in total. The minimum absolute atomic E-state index is 0.0286. The lowest BCUT2D eigenvalue weighted by Crippen LogP contribution is -2.54. The molecule has 7 heteroatoms. The number of carboxylic acid groups (broad SMARTS) is 1. The van der Waals surface area contributed by atoms with Crippen LogP contribution in [0.5, 0.6) is 0 Å². The molecular weight excluding hydrogens is 328 g/mol. The van der Waals surface area contributed by atoms with Crippen molar-refractivity contribution in [1.82, 2.24) is 0 Å². The molecule has 0 unspecified atom stereocenters. The Morgan fingerprint density at radius 2 is 1.88 bits per heavy atom. The van der Waals surface area contributed by atoms with E-state index >= 15 is 0 Å². The summed E-state index contributed by atoms with van der Waals surface area (Å²) < 4.78 is 15.7. The summed E-state index contributed by atoms with van der Waals surface area (Å²) in [7, 11) is 2.55. The zero-order valence-electron chi connectivity index (χ0n) is 15.5. The normalized spacial score (nSPS) is 40.2. The van der Waals surface area contributed by atoms with Crippen LogP contribution in [0.2, 0.25) is 0 Å². The Morgan fingerprint density at radius 3 is 2.36 bits per heavy atom. The maximum Gasteiger partial charge on any atom is 0.313 e. The van der Waals surface area contributed by atoms with Gasteiger partial charge in [0.25, 0.3) is 0 Å². The SMILES string of the molecule is CC[C@]12CO[C@@H](C)C[C@H]1[C@H](CC(=O)OC)[C@@H](C(=O)O)[C@@]2(C)C(=O)OC. The van der Waals surface area contributed by atoms with Gasteiger partial charge < -0.3 is 19.3 Å². The number of ether oxygens (including phenoxy) is 3. The molecule has 0 aromatic heterocycles. The number of methoxy groups -OCH3 is 2. The molecule has 6 atom stereocenters. The van der Waals surface area contributed by atoms with E-state index in [-0.39, 0.29) is 25.0 Å². The van der Waals surface area contributed by atoms with Crippen LogP contribution < -0.4 is 0 Å². The van der Waals surface area contributed by atoms with Crippen molar-refractivity contribution in [3.05, 3.63) is 0 Å². The van der Waals surface area contributed by atoms with Crippen LogP contribution in [-0.2, 0) is 28.6 Å². The molecule has 1 N–H and O–H groups in total. The van der Waals surface area contributed by atoms with Crippen LogP contribution in [-0.4, -0.2) is 49.9 Å². The van der Waals surface area contributed by atoms with Gasteiger partial charge in [0.1, 0.15) is 0 Å². The van der Waals surface area contributed by atoms with Crippen molar-refractivity contribution in [2.24, 2.45) is 28.6 Å². The first kappa shape index (κ1) is 19.7. The fraction of sp³-hybridized carbons (Fsp3) is 0.833. The summed E-state index contributed by atoms with van der Waals surface area (Å²) in [5.41, 5.74) is -1.96. The maximum atomic E-state index is 12.8. The van der Waals surface area contributed by atoms with Gasteiger partial charge >= 0.3 is 17.9 Å². The second kappa shape index (κ2) is 6.94. The first-order valence-corrected chi connectivity index (χ1v) is 8.69. The zero-order valence-corrected chi connectivity index (χ0v) is 15.5. The average molecular weight is 356 g/mol. The first-order valence-electron chi connectivity index (χ1n) is 8.69. The Morgan fingerprint density at radius 1 is 1.24 bits per heavy atom. The van der Waals surface area contributed by atoms with Crippen LogP contribution in [0.25, 0.3) is 0 Å². The third-order valence-corrected chi connectivity index (χ3v) is 6.66. The summed E-state index contributed by atoms with van der Waals surface area (Å²) >= 11 is 0. The third-order valence-electron chi connectivity index (χ3n) is 6.66. The highest BCUT2D eigenvalue weighted by Gasteiger charge is 2.72. The lowest BCUT2D eigenvalue weighted by molar-refractivity contribution is -0.183. The van der Waals surface area contributed by atoms with E-state index in [1.165, 1.54) is 14.2 Å². The molecule has 2 rings (SSSR count). The van der Waals surface area contributed by atoms with E-state index in [4.69, 9.17) is 14.2 Å². The predicted molar refractivity (Wildman–Crippen MR) is 87.6 cm³/mol. The van der Waals surface area contributed by atoms with Crippen LogP contribution in [0.4, 0.5) is 0 Å². The van der Waals surface area contributed by atoms with Gasteiger partial charge in [-0.2, -0.15) is 0 Å². The Bertz CT molecular complexity index is 560. The average Bonchev–Trinajstić information content (AvgIpc) is 2.80. The lowest BCUT2D eigenvalue weighted by Gasteiger charge is -2.49. The quantitative estimate of drug-likeness (QED) is 0.751. The monoisotopic (exact) mass is 356 g/mol. The van der Waals surface area contributed by atoms with Gasteiger partial charge in [0.15, 0.2) is 0 Å². The van der Waals surface area contributed by atoms with Gasteiger partial charge in [0.05, 0.1) is 38.3 Å². The van der Waals surface area contributed by atoms with E-state index in [9.17, 15) is 19.5 Å². The molecule has 1 aliphatic carbocycles. The largest absolute Gasteiger partial charge is 0.481 e. The summed E-state index contributed by atoms with van der Waals surface area (Å²) in [6.07, 6.45) is 1.09. The lowest BCUT2D eigenvalue weighted by atomic mass is 9.58. The van der Waals surface area contributed by atoms with E-state index in [1.54, 1.807) is 6.92 Å². The highest BCUT2D eigenvalue weighted by atomic mass is 16.5. The van der Waals surface area contributed by atoms with E-state index < -0.39 is 40.6 Å². The summed E-state index contributed by atoms with van der Waals surface area (Å²) in [5, 5.41) is 9.97. The van der Waals surface area contributed by atoms with Crippen molar-refractivity contribution in [3.8, 4) is 0 Å². The van der Waals surface area contributed by atoms with Crippen molar-refractivity contribution < 1.29 is 33.7 Å². The highest BCUT2D eigenvalue weighted by molar-refractivity contribution is 5.87. The molecule has 25 heavy (non-hydrogen) atoms. The highest BCUT2D eigenvalue weighted by Crippen LogP contribution is 2.67. The number of esters is 2. The fourth-order valence-corrected chi connectivity index (χ4v) is 5.38. The number of carboxylic acids is 1. The van der Waals surface area contributed by atoms with E-state index in [0.29, 0.717) is 12.8 Å². The number of carbonyl (C=O) groups is 3. The topological polar surface area (TPSA) is 99.1 Å². The smallest absolute Gasteiger partial charge is 0.313 e. The first-order chi connectivity index (χ1) is 11.7. The van der Waals surface area contributed by atoms with Gasteiger partial charge in [0.2, 0.25) is 0 Å². The second-order valence-corrected chi connectivity index (χ2v) is 7.43. The van der Waals surface area contributed by atoms with Crippen molar-refractivity contribution in [3.63, 3.8) is 0 Å². The molecule has 1 saturated carbocycles. The third kappa shape index (κ3) is 2.72. The molecule has 1 aliphatic heterocycles. The van der Waals surface area contributed by atoms with Crippen LogP contribution in [0.3, 0.4) is 0 Å². The van der Waals surface area contributed by atoms with Crippen LogP contribution in [0.1, 0.15) is 40.0 Å². The van der Waals surface area contributed by atoms with Crippen LogP contribution in [0, 0.1) is 28.6 Å². The number of hydrogen-bond donors (Lipinski definition) is 1. The molecular formula is C18H28O7. The van der Waals surface area contributed by atoms with E-state index in [1.807, 2.05) is 13.8 Å². The van der Waals surface area contributed by atoms with E-state index in [0.717, 1.165) is 0 Å². The molecule has 0 spiro atoms. The Labute approximate surface area is 148 Å². The molecule has 0 bridgehead atoms. The number of hydrogen-bond acceptors (Lipinski definition) is 6. The number of rotatable bonds is 5. The van der Waals surface area contributed by atoms with Gasteiger partial charge in [-0.05, 0) is 38.5 Å². The molecule has 0 aromatic carbocycles. The Balaban J connectivity index is 2.65. The Hall–Kier alpha value is -1.63. The van der Waals surface area contributed by atoms with Crippen molar-refractivity contribution in [2.45, 2.75) is 46.1 Å². The minimum Gasteiger partial charge on any atom is -0.481 e. The summed E-state index contributed by atoms with van der Waals surface area (Å²) in [4.78, 5) is 37.0. The summed E-state index contributed by atoms with van der Waals surface area (Å²) in [6.45, 7) is 5.80. The molecule has 0 amide bonds. The minimum atomic E-state index is -1.27. The predicted octanol–water partition coefficient (Wildman–Crippen LogP) is 1.88. The summed E-state index contributed by atoms with van der Waals surface area (Å²) in [6, 6.07) is 0. The van der Waals surface area contributed by atoms with Gasteiger partial charge in [-0.1, -0.05) is 6.92 Å². The molecule has 142 valence electrons. The molecule has 0 radical (unpaired) electrons. The Kier molecular flexibility index (Phi) is 5.47. The van der Waals surface area contributed by atoms with Gasteiger partial charge in [-0.3, -0.25) is 14.4 Å². The zero-order chi connectivity index (χ0) is 19.0. The number of carbonyl (C=O) groups excluding carboxylic acids is 2. The fourth-order valence-electron chi connectivity index (χ4n) is 5.38. The number of aliphatic carboxylic acids is 1. The maximum absolute atomic E-state index is 12.8. The van der Waals surface area contributed by atoms with Crippen molar-refractivity contribution in [2.75, 3.05) is 20.8 Å². The standard InChI is InChI=1S/C18H28O7/c1-6-18-9-25-10(2)7-12(18)11(8-13(19)23-4)14(15(20)21)17(18,3)16(22)24-5/h10-12,14H,6-9H2,1-5H3,(H,20,21)/t10-,11-,12-,14-,17-,18-/m0/s1.